The molecule has 0 N–H and O–H groups in total. The summed E-state index contributed by atoms with van der Waals surface area (Å²) >= 11 is 0. The van der Waals surface area contributed by atoms with Crippen molar-refractivity contribution >= 4 is 15.9 Å². The van der Waals surface area contributed by atoms with Crippen molar-refractivity contribution in [3.63, 3.8) is 0 Å². The van der Waals surface area contributed by atoms with E-state index in [-0.39, 0.29) is 17.2 Å². The standard InChI is InChI=1S/C14H24N2O3S/c1-20(18,19)16-10-7-14(11-16)6-4-5-12(14)13(17)15-8-2-3-9-15/h12H,2-11H2,1H3/t12-,14+/m0/s1. The van der Waals surface area contributed by atoms with Crippen molar-refractivity contribution in [3.05, 3.63) is 0 Å². The Kier molecular flexibility index (Phi) is 3.57. The summed E-state index contributed by atoms with van der Waals surface area (Å²) < 4.78 is 25.0. The van der Waals surface area contributed by atoms with Crippen LogP contribution in [0.1, 0.15) is 38.5 Å². The van der Waals surface area contributed by atoms with Crippen molar-refractivity contribution in [1.82, 2.24) is 9.21 Å². The van der Waals surface area contributed by atoms with E-state index in [4.69, 9.17) is 0 Å². The lowest BCUT2D eigenvalue weighted by atomic mass is 9.76. The molecular weight excluding hydrogens is 276 g/mol. The molecule has 5 nitrogen and oxygen atoms in total. The number of carbonyl (C=O) groups is 1. The molecule has 1 aliphatic carbocycles. The van der Waals surface area contributed by atoms with E-state index in [1.807, 2.05) is 4.90 Å². The summed E-state index contributed by atoms with van der Waals surface area (Å²) in [5, 5.41) is 0. The number of rotatable bonds is 2. The van der Waals surface area contributed by atoms with Crippen LogP contribution in [0.4, 0.5) is 0 Å². The van der Waals surface area contributed by atoms with Gasteiger partial charge in [0.25, 0.3) is 0 Å². The first-order valence-electron chi connectivity index (χ1n) is 7.66. The molecular formula is C14H24N2O3S. The van der Waals surface area contributed by atoms with Crippen LogP contribution >= 0.6 is 0 Å². The van der Waals surface area contributed by atoms with Gasteiger partial charge in [-0.05, 0) is 37.5 Å². The van der Waals surface area contributed by atoms with E-state index < -0.39 is 10.0 Å². The van der Waals surface area contributed by atoms with E-state index in [1.165, 1.54) is 6.26 Å². The number of hydrogen-bond donors (Lipinski definition) is 0. The summed E-state index contributed by atoms with van der Waals surface area (Å²) in [6, 6.07) is 0. The highest BCUT2D eigenvalue weighted by molar-refractivity contribution is 7.88. The maximum Gasteiger partial charge on any atom is 0.226 e. The largest absolute Gasteiger partial charge is 0.342 e. The highest BCUT2D eigenvalue weighted by Crippen LogP contribution is 2.51. The van der Waals surface area contributed by atoms with Gasteiger partial charge in [-0.25, -0.2) is 12.7 Å². The van der Waals surface area contributed by atoms with Gasteiger partial charge in [-0.15, -0.1) is 0 Å². The van der Waals surface area contributed by atoms with Gasteiger partial charge in [0.2, 0.25) is 15.9 Å². The lowest BCUT2D eigenvalue weighted by Gasteiger charge is -2.33. The fraction of sp³-hybridized carbons (Fsp3) is 0.929. The normalized spacial score (nSPS) is 35.2. The molecule has 20 heavy (non-hydrogen) atoms. The minimum Gasteiger partial charge on any atom is -0.342 e. The first kappa shape index (κ1) is 14.3. The van der Waals surface area contributed by atoms with Gasteiger partial charge in [0.15, 0.2) is 0 Å². The number of hydrogen-bond acceptors (Lipinski definition) is 3. The third-order valence-electron chi connectivity index (χ3n) is 5.44. The van der Waals surface area contributed by atoms with Crippen LogP contribution in [0.5, 0.6) is 0 Å². The summed E-state index contributed by atoms with van der Waals surface area (Å²) in [6.45, 7) is 2.92. The van der Waals surface area contributed by atoms with Crippen molar-refractivity contribution in [3.8, 4) is 0 Å². The number of sulfonamides is 1. The summed E-state index contributed by atoms with van der Waals surface area (Å²) in [5.41, 5.74) is -0.0806. The molecule has 0 radical (unpaired) electrons. The molecule has 2 atom stereocenters. The van der Waals surface area contributed by atoms with Crippen LogP contribution in [0.15, 0.2) is 0 Å². The lowest BCUT2D eigenvalue weighted by Crippen LogP contribution is -2.42. The highest BCUT2D eigenvalue weighted by atomic mass is 32.2. The molecule has 3 rings (SSSR count). The SMILES string of the molecule is CS(=O)(=O)N1CC[C@]2(CCC[C@H]2C(=O)N2CCCC2)C1. The smallest absolute Gasteiger partial charge is 0.226 e. The van der Waals surface area contributed by atoms with Crippen molar-refractivity contribution in [2.45, 2.75) is 38.5 Å². The van der Waals surface area contributed by atoms with Crippen molar-refractivity contribution in [1.29, 1.82) is 0 Å². The molecule has 3 fully saturated rings. The molecule has 0 aromatic carbocycles. The Morgan fingerprint density at radius 1 is 1.10 bits per heavy atom. The van der Waals surface area contributed by atoms with E-state index in [2.05, 4.69) is 0 Å². The molecule has 0 bridgehead atoms. The maximum absolute atomic E-state index is 12.7. The Balaban J connectivity index is 1.77. The van der Waals surface area contributed by atoms with Crippen molar-refractivity contribution < 1.29 is 13.2 Å². The summed E-state index contributed by atoms with van der Waals surface area (Å²) in [4.78, 5) is 14.7. The average Bonchev–Trinajstić information content (AvgIpc) is 3.09. The molecule has 1 saturated carbocycles. The molecule has 2 aliphatic heterocycles. The minimum absolute atomic E-state index is 0.0485. The predicted molar refractivity (Wildman–Crippen MR) is 76.6 cm³/mol. The van der Waals surface area contributed by atoms with Gasteiger partial charge in [-0.2, -0.15) is 0 Å². The Bertz CT molecular complexity index is 499. The van der Waals surface area contributed by atoms with Crippen molar-refractivity contribution in [2.24, 2.45) is 11.3 Å². The first-order chi connectivity index (χ1) is 9.42. The monoisotopic (exact) mass is 300 g/mol. The lowest BCUT2D eigenvalue weighted by molar-refractivity contribution is -0.137. The molecule has 6 heteroatoms. The van der Waals surface area contributed by atoms with Gasteiger partial charge in [0, 0.05) is 32.1 Å². The molecule has 0 unspecified atom stereocenters. The van der Waals surface area contributed by atoms with Crippen LogP contribution < -0.4 is 0 Å². The van der Waals surface area contributed by atoms with Crippen LogP contribution in [0.3, 0.4) is 0 Å². The summed E-state index contributed by atoms with van der Waals surface area (Å²) in [7, 11) is -3.13. The minimum atomic E-state index is -3.13. The fourth-order valence-electron chi connectivity index (χ4n) is 4.31. The third-order valence-corrected chi connectivity index (χ3v) is 6.69. The predicted octanol–water partition coefficient (Wildman–Crippen LogP) is 1.06. The average molecular weight is 300 g/mol. The van der Waals surface area contributed by atoms with Crippen LogP contribution in [-0.2, 0) is 14.8 Å². The first-order valence-corrected chi connectivity index (χ1v) is 9.51. The molecule has 3 aliphatic rings. The van der Waals surface area contributed by atoms with Crippen LogP contribution in [0.2, 0.25) is 0 Å². The number of nitrogens with zero attached hydrogens (tertiary/aromatic N) is 2. The maximum atomic E-state index is 12.7. The second kappa shape index (κ2) is 4.98. The second-order valence-electron chi connectivity index (χ2n) is 6.69. The molecule has 0 aromatic heterocycles. The molecule has 114 valence electrons. The Morgan fingerprint density at radius 3 is 2.40 bits per heavy atom. The summed E-state index contributed by atoms with van der Waals surface area (Å²) in [5.74, 6) is 0.336. The van der Waals surface area contributed by atoms with E-state index in [9.17, 15) is 13.2 Å². The molecule has 1 spiro atoms. The van der Waals surface area contributed by atoms with Gasteiger partial charge in [0.1, 0.15) is 0 Å². The van der Waals surface area contributed by atoms with Crippen LogP contribution in [-0.4, -0.2) is 56.0 Å². The Morgan fingerprint density at radius 2 is 1.80 bits per heavy atom. The van der Waals surface area contributed by atoms with E-state index in [0.717, 1.165) is 51.6 Å². The van der Waals surface area contributed by atoms with E-state index >= 15 is 0 Å². The highest BCUT2D eigenvalue weighted by Gasteiger charge is 2.52. The van der Waals surface area contributed by atoms with E-state index in [1.54, 1.807) is 4.31 Å². The fourth-order valence-corrected chi connectivity index (χ4v) is 5.22. The van der Waals surface area contributed by atoms with Gasteiger partial charge in [-0.3, -0.25) is 4.79 Å². The Labute approximate surface area is 121 Å². The number of likely N-dealkylation sites (tertiary alicyclic amines) is 1. The zero-order chi connectivity index (χ0) is 14.4. The third kappa shape index (κ3) is 2.37. The van der Waals surface area contributed by atoms with Gasteiger partial charge in [0.05, 0.1) is 6.26 Å². The van der Waals surface area contributed by atoms with Crippen LogP contribution in [0, 0.1) is 11.3 Å². The summed E-state index contributed by atoms with van der Waals surface area (Å²) in [6.07, 6.45) is 7.35. The van der Waals surface area contributed by atoms with Crippen LogP contribution in [0.25, 0.3) is 0 Å². The molecule has 0 aromatic rings. The Hall–Kier alpha value is -0.620. The zero-order valence-corrected chi connectivity index (χ0v) is 13.0. The van der Waals surface area contributed by atoms with Crippen molar-refractivity contribution in [2.75, 3.05) is 32.4 Å². The second-order valence-corrected chi connectivity index (χ2v) is 8.67. The number of carbonyl (C=O) groups excluding carboxylic acids is 1. The molecule has 1 amide bonds. The molecule has 2 saturated heterocycles. The van der Waals surface area contributed by atoms with Gasteiger partial charge >= 0.3 is 0 Å². The van der Waals surface area contributed by atoms with E-state index in [0.29, 0.717) is 13.1 Å². The quantitative estimate of drug-likeness (QED) is 0.766. The molecule has 2 heterocycles. The topological polar surface area (TPSA) is 57.7 Å². The van der Waals surface area contributed by atoms with Gasteiger partial charge in [-0.1, -0.05) is 6.42 Å². The zero-order valence-electron chi connectivity index (χ0n) is 12.2. The van der Waals surface area contributed by atoms with Gasteiger partial charge < -0.3 is 4.90 Å². The number of amides is 1.